The molecule has 1 aromatic carbocycles. The summed E-state index contributed by atoms with van der Waals surface area (Å²) in [6, 6.07) is 3.01. The fraction of sp³-hybridized carbons (Fsp3) is 0.571. The minimum Gasteiger partial charge on any atom is -0.496 e. The van der Waals surface area contributed by atoms with Crippen LogP contribution < -0.4 is 24.2 Å². The molecule has 0 spiro atoms. The minimum atomic E-state index is -3.75. The first-order valence-corrected chi connectivity index (χ1v) is 8.48. The Hall–Kier alpha value is -1.51. The number of methoxy groups -OCH3 is 3. The maximum absolute atomic E-state index is 12.5. The van der Waals surface area contributed by atoms with Crippen LogP contribution in [-0.2, 0) is 10.0 Å². The Morgan fingerprint density at radius 3 is 2.00 bits per heavy atom. The average molecular weight is 332 g/mol. The molecule has 0 radical (unpaired) electrons. The molecule has 0 unspecified atom stereocenters. The van der Waals surface area contributed by atoms with E-state index >= 15 is 0 Å². The Morgan fingerprint density at radius 2 is 1.55 bits per heavy atom. The van der Waals surface area contributed by atoms with Gasteiger partial charge in [0.25, 0.3) is 0 Å². The predicted molar refractivity (Wildman–Crippen MR) is 84.4 cm³/mol. The van der Waals surface area contributed by atoms with E-state index in [1.54, 1.807) is 0 Å². The standard InChI is InChI=1S/C14H24N2O5S/c1-5-6-15-7-8-16-22(17,18)14-12(20-3)9-11(19-2)10-13(14)21-4/h9-10,15-16H,5-8H2,1-4H3. The van der Waals surface area contributed by atoms with Gasteiger partial charge in [-0.15, -0.1) is 0 Å². The summed E-state index contributed by atoms with van der Waals surface area (Å²) in [5.41, 5.74) is 0. The lowest BCUT2D eigenvalue weighted by atomic mass is 10.3. The summed E-state index contributed by atoms with van der Waals surface area (Å²) in [7, 11) is 0.530. The van der Waals surface area contributed by atoms with Gasteiger partial charge in [-0.2, -0.15) is 0 Å². The summed E-state index contributed by atoms with van der Waals surface area (Å²) >= 11 is 0. The molecule has 2 N–H and O–H groups in total. The van der Waals surface area contributed by atoms with Crippen LogP contribution in [0.15, 0.2) is 17.0 Å². The van der Waals surface area contributed by atoms with Gasteiger partial charge in [-0.05, 0) is 13.0 Å². The van der Waals surface area contributed by atoms with Crippen molar-refractivity contribution in [3.05, 3.63) is 12.1 Å². The molecule has 0 saturated heterocycles. The number of hydrogen-bond acceptors (Lipinski definition) is 6. The number of rotatable bonds is 10. The molecule has 0 saturated carbocycles. The maximum Gasteiger partial charge on any atom is 0.248 e. The zero-order valence-corrected chi connectivity index (χ0v) is 14.2. The van der Waals surface area contributed by atoms with Crippen molar-refractivity contribution >= 4 is 10.0 Å². The Morgan fingerprint density at radius 1 is 0.955 bits per heavy atom. The summed E-state index contributed by atoms with van der Waals surface area (Å²) in [4.78, 5) is -0.0335. The summed E-state index contributed by atoms with van der Waals surface area (Å²) in [5, 5.41) is 3.13. The van der Waals surface area contributed by atoms with Crippen LogP contribution in [0.3, 0.4) is 0 Å². The van der Waals surface area contributed by atoms with Crippen LogP contribution in [0.4, 0.5) is 0 Å². The van der Waals surface area contributed by atoms with Crippen molar-refractivity contribution in [2.75, 3.05) is 41.0 Å². The first kappa shape index (κ1) is 18.5. The van der Waals surface area contributed by atoms with Gasteiger partial charge in [-0.3, -0.25) is 0 Å². The number of sulfonamides is 1. The first-order valence-electron chi connectivity index (χ1n) is 7.00. The van der Waals surface area contributed by atoms with Crippen molar-refractivity contribution in [3.8, 4) is 17.2 Å². The van der Waals surface area contributed by atoms with Gasteiger partial charge in [0.1, 0.15) is 17.2 Å². The summed E-state index contributed by atoms with van der Waals surface area (Å²) in [5.74, 6) is 0.799. The number of nitrogens with one attached hydrogen (secondary N) is 2. The molecule has 1 aromatic rings. The summed E-state index contributed by atoms with van der Waals surface area (Å²) in [6.45, 7) is 3.72. The molecule has 8 heteroatoms. The summed E-state index contributed by atoms with van der Waals surface area (Å²) < 4.78 is 42.9. The normalized spacial score (nSPS) is 11.3. The molecule has 0 aliphatic carbocycles. The van der Waals surface area contributed by atoms with E-state index in [9.17, 15) is 8.42 Å². The number of hydrogen-bond donors (Lipinski definition) is 2. The lowest BCUT2D eigenvalue weighted by molar-refractivity contribution is 0.359. The zero-order valence-electron chi connectivity index (χ0n) is 13.4. The van der Waals surface area contributed by atoms with Gasteiger partial charge >= 0.3 is 0 Å². The van der Waals surface area contributed by atoms with Crippen LogP contribution in [0.25, 0.3) is 0 Å². The molecule has 1 rings (SSSR count). The van der Waals surface area contributed by atoms with Crippen molar-refractivity contribution in [1.29, 1.82) is 0 Å². The van der Waals surface area contributed by atoms with E-state index in [2.05, 4.69) is 10.0 Å². The van der Waals surface area contributed by atoms with Gasteiger partial charge in [-0.1, -0.05) is 6.92 Å². The zero-order chi connectivity index (χ0) is 16.6. The Bertz CT molecular complexity index is 550. The highest BCUT2D eigenvalue weighted by molar-refractivity contribution is 7.89. The van der Waals surface area contributed by atoms with Crippen LogP contribution in [0, 0.1) is 0 Å². The van der Waals surface area contributed by atoms with Crippen LogP contribution in [0.5, 0.6) is 17.2 Å². The van der Waals surface area contributed by atoms with Gasteiger partial charge in [0.05, 0.1) is 21.3 Å². The maximum atomic E-state index is 12.5. The Balaban J connectivity index is 3.01. The molecule has 0 aliphatic rings. The largest absolute Gasteiger partial charge is 0.496 e. The van der Waals surface area contributed by atoms with E-state index in [0.29, 0.717) is 12.3 Å². The second-order valence-electron chi connectivity index (χ2n) is 4.51. The highest BCUT2D eigenvalue weighted by atomic mass is 32.2. The van der Waals surface area contributed by atoms with Gasteiger partial charge in [0.15, 0.2) is 4.90 Å². The Labute approximate surface area is 132 Å². The molecule has 0 amide bonds. The number of ether oxygens (including phenoxy) is 3. The smallest absolute Gasteiger partial charge is 0.248 e. The SMILES string of the molecule is CCCNCCNS(=O)(=O)c1c(OC)cc(OC)cc1OC. The predicted octanol–water partition coefficient (Wildman–Crippen LogP) is 0.990. The molecule has 7 nitrogen and oxygen atoms in total. The second-order valence-corrected chi connectivity index (χ2v) is 6.21. The van der Waals surface area contributed by atoms with Crippen molar-refractivity contribution in [2.45, 2.75) is 18.2 Å². The average Bonchev–Trinajstić information content (AvgIpc) is 2.52. The third-order valence-electron chi connectivity index (χ3n) is 2.96. The van der Waals surface area contributed by atoms with E-state index in [1.807, 2.05) is 6.92 Å². The van der Waals surface area contributed by atoms with Crippen LogP contribution >= 0.6 is 0 Å². The topological polar surface area (TPSA) is 85.9 Å². The fourth-order valence-corrected chi connectivity index (χ4v) is 3.22. The molecule has 22 heavy (non-hydrogen) atoms. The lowest BCUT2D eigenvalue weighted by Crippen LogP contribution is -2.32. The highest BCUT2D eigenvalue weighted by Gasteiger charge is 2.25. The van der Waals surface area contributed by atoms with E-state index in [-0.39, 0.29) is 22.9 Å². The first-order chi connectivity index (χ1) is 10.5. The monoisotopic (exact) mass is 332 g/mol. The van der Waals surface area contributed by atoms with Crippen molar-refractivity contribution < 1.29 is 22.6 Å². The minimum absolute atomic E-state index is 0.0335. The van der Waals surface area contributed by atoms with Gasteiger partial charge in [-0.25, -0.2) is 13.1 Å². The van der Waals surface area contributed by atoms with Gasteiger partial charge in [0.2, 0.25) is 10.0 Å². The quantitative estimate of drug-likeness (QED) is 0.622. The van der Waals surface area contributed by atoms with Crippen LogP contribution in [-0.4, -0.2) is 49.4 Å². The third-order valence-corrected chi connectivity index (χ3v) is 4.48. The molecule has 0 atom stereocenters. The van der Waals surface area contributed by atoms with Crippen LogP contribution in [0.2, 0.25) is 0 Å². The molecule has 0 bridgehead atoms. The van der Waals surface area contributed by atoms with Gasteiger partial charge in [0, 0.05) is 25.2 Å². The van der Waals surface area contributed by atoms with Crippen molar-refractivity contribution in [1.82, 2.24) is 10.0 Å². The molecule has 126 valence electrons. The number of benzene rings is 1. The van der Waals surface area contributed by atoms with Crippen molar-refractivity contribution in [3.63, 3.8) is 0 Å². The highest BCUT2D eigenvalue weighted by Crippen LogP contribution is 2.37. The summed E-state index contributed by atoms with van der Waals surface area (Å²) in [6.07, 6.45) is 0.993. The molecule has 0 fully saturated rings. The second kappa shape index (κ2) is 8.82. The third kappa shape index (κ3) is 4.75. The lowest BCUT2D eigenvalue weighted by Gasteiger charge is -2.15. The van der Waals surface area contributed by atoms with Crippen LogP contribution in [0.1, 0.15) is 13.3 Å². The fourth-order valence-electron chi connectivity index (χ4n) is 1.89. The van der Waals surface area contributed by atoms with E-state index in [1.165, 1.54) is 33.5 Å². The molecular formula is C14H24N2O5S. The molecule has 0 aromatic heterocycles. The molecular weight excluding hydrogens is 308 g/mol. The Kier molecular flexibility index (Phi) is 7.43. The molecule has 0 heterocycles. The van der Waals surface area contributed by atoms with E-state index < -0.39 is 10.0 Å². The van der Waals surface area contributed by atoms with Crippen molar-refractivity contribution in [2.24, 2.45) is 0 Å². The van der Waals surface area contributed by atoms with E-state index in [4.69, 9.17) is 14.2 Å². The molecule has 0 aliphatic heterocycles. The van der Waals surface area contributed by atoms with E-state index in [0.717, 1.165) is 13.0 Å². The van der Waals surface area contributed by atoms with Gasteiger partial charge < -0.3 is 19.5 Å².